The molecule has 0 bridgehead atoms. The van der Waals surface area contributed by atoms with Crippen molar-refractivity contribution in [2.24, 2.45) is 0 Å². The lowest BCUT2D eigenvalue weighted by Crippen LogP contribution is -2.07. The van der Waals surface area contributed by atoms with E-state index < -0.39 is 0 Å². The summed E-state index contributed by atoms with van der Waals surface area (Å²) in [5, 5.41) is 9.47. The Labute approximate surface area is 167 Å². The predicted octanol–water partition coefficient (Wildman–Crippen LogP) is 4.87. The summed E-state index contributed by atoms with van der Waals surface area (Å²) < 4.78 is 7.53. The molecule has 0 saturated carbocycles. The highest BCUT2D eigenvalue weighted by atomic mass is 32.2. The highest BCUT2D eigenvalue weighted by Gasteiger charge is 2.18. The normalized spacial score (nSPS) is 10.9. The zero-order valence-corrected chi connectivity index (χ0v) is 16.2. The van der Waals surface area contributed by atoms with Gasteiger partial charge in [0.15, 0.2) is 16.8 Å². The molecule has 4 aromatic rings. The molecule has 0 aliphatic carbocycles. The minimum Gasteiger partial charge on any atom is -0.467 e. The second-order valence-electron chi connectivity index (χ2n) is 6.36. The average Bonchev–Trinajstić information content (AvgIpc) is 3.38. The molecule has 2 heterocycles. The summed E-state index contributed by atoms with van der Waals surface area (Å²) in [4.78, 5) is 12.5. The third-order valence-electron chi connectivity index (χ3n) is 4.42. The molecular formula is C22H19N3O2S. The summed E-state index contributed by atoms with van der Waals surface area (Å²) in [6.07, 6.45) is 1.65. The number of nitrogens with zero attached hydrogens (tertiary/aromatic N) is 3. The maximum Gasteiger partial charge on any atom is 0.192 e. The van der Waals surface area contributed by atoms with Crippen LogP contribution in [0.5, 0.6) is 0 Å². The molecule has 0 amide bonds. The van der Waals surface area contributed by atoms with Gasteiger partial charge in [-0.25, -0.2) is 0 Å². The first-order valence-corrected chi connectivity index (χ1v) is 9.93. The number of ketones is 1. The lowest BCUT2D eigenvalue weighted by molar-refractivity contribution is 0.102. The molecule has 2 aromatic carbocycles. The molecule has 0 spiro atoms. The number of hydrogen-bond acceptors (Lipinski definition) is 5. The fourth-order valence-corrected chi connectivity index (χ4v) is 3.79. The van der Waals surface area contributed by atoms with Gasteiger partial charge < -0.3 is 4.42 Å². The second-order valence-corrected chi connectivity index (χ2v) is 7.31. The molecule has 0 N–H and O–H groups in total. The van der Waals surface area contributed by atoms with Gasteiger partial charge in [0, 0.05) is 11.1 Å². The number of Topliss-reactive ketones (excluding diaryl/α,β-unsaturated/α-hetero) is 1. The molecule has 5 nitrogen and oxygen atoms in total. The highest BCUT2D eigenvalue weighted by molar-refractivity contribution is 7.99. The van der Waals surface area contributed by atoms with Gasteiger partial charge in [-0.05, 0) is 24.6 Å². The lowest BCUT2D eigenvalue weighted by atomic mass is 10.1. The van der Waals surface area contributed by atoms with Crippen LogP contribution in [0.25, 0.3) is 11.4 Å². The molecule has 0 unspecified atom stereocenters. The van der Waals surface area contributed by atoms with E-state index in [0.29, 0.717) is 23.0 Å². The second kappa shape index (κ2) is 8.27. The Morgan fingerprint density at radius 2 is 1.79 bits per heavy atom. The number of carbonyl (C=O) groups is 1. The number of furan rings is 1. The van der Waals surface area contributed by atoms with Gasteiger partial charge in [-0.15, -0.1) is 10.2 Å². The molecule has 0 radical (unpaired) electrons. The van der Waals surface area contributed by atoms with Gasteiger partial charge in [-0.2, -0.15) is 0 Å². The van der Waals surface area contributed by atoms with Crippen molar-refractivity contribution in [3.63, 3.8) is 0 Å². The lowest BCUT2D eigenvalue weighted by Gasteiger charge is -2.10. The van der Waals surface area contributed by atoms with E-state index in [1.807, 2.05) is 78.2 Å². The van der Waals surface area contributed by atoms with Crippen LogP contribution < -0.4 is 0 Å². The van der Waals surface area contributed by atoms with Crippen LogP contribution in [0.2, 0.25) is 0 Å². The molecule has 28 heavy (non-hydrogen) atoms. The summed E-state index contributed by atoms with van der Waals surface area (Å²) in [6.45, 7) is 2.55. The largest absolute Gasteiger partial charge is 0.467 e. The Morgan fingerprint density at radius 1 is 1.00 bits per heavy atom. The first kappa shape index (κ1) is 18.3. The molecule has 4 rings (SSSR count). The first-order valence-electron chi connectivity index (χ1n) is 8.95. The SMILES string of the molecule is Cc1ccccc1-c1nnc(SCC(=O)c2ccccc2)n1Cc1ccco1. The Bertz CT molecular complexity index is 1070. The van der Waals surface area contributed by atoms with Gasteiger partial charge in [0.25, 0.3) is 0 Å². The first-order chi connectivity index (χ1) is 13.7. The zero-order valence-electron chi connectivity index (χ0n) is 15.4. The third-order valence-corrected chi connectivity index (χ3v) is 5.39. The summed E-state index contributed by atoms with van der Waals surface area (Å²) >= 11 is 1.39. The molecule has 140 valence electrons. The van der Waals surface area contributed by atoms with E-state index in [1.165, 1.54) is 11.8 Å². The van der Waals surface area contributed by atoms with Crippen molar-refractivity contribution in [1.29, 1.82) is 0 Å². The fourth-order valence-electron chi connectivity index (χ4n) is 2.96. The molecule has 0 saturated heterocycles. The van der Waals surface area contributed by atoms with Crippen LogP contribution in [0.4, 0.5) is 0 Å². The smallest absolute Gasteiger partial charge is 0.192 e. The van der Waals surface area contributed by atoms with Crippen LogP contribution in [0, 0.1) is 6.92 Å². The van der Waals surface area contributed by atoms with Gasteiger partial charge in [-0.3, -0.25) is 9.36 Å². The van der Waals surface area contributed by atoms with Crippen LogP contribution in [0.3, 0.4) is 0 Å². The van der Waals surface area contributed by atoms with E-state index in [9.17, 15) is 4.79 Å². The molecular weight excluding hydrogens is 370 g/mol. The quantitative estimate of drug-likeness (QED) is 0.333. The molecule has 0 aliphatic rings. The maximum atomic E-state index is 12.5. The van der Waals surface area contributed by atoms with E-state index in [1.54, 1.807) is 6.26 Å². The number of thioether (sulfide) groups is 1. The monoisotopic (exact) mass is 389 g/mol. The summed E-state index contributed by atoms with van der Waals surface area (Å²) in [5.74, 6) is 1.94. The topological polar surface area (TPSA) is 60.9 Å². The number of benzene rings is 2. The van der Waals surface area contributed by atoms with Crippen LogP contribution in [-0.4, -0.2) is 26.3 Å². The number of aryl methyl sites for hydroxylation is 1. The minimum absolute atomic E-state index is 0.0654. The Morgan fingerprint density at radius 3 is 2.54 bits per heavy atom. The van der Waals surface area contributed by atoms with E-state index >= 15 is 0 Å². The van der Waals surface area contributed by atoms with Crippen LogP contribution >= 0.6 is 11.8 Å². The summed E-state index contributed by atoms with van der Waals surface area (Å²) in [7, 11) is 0. The van der Waals surface area contributed by atoms with Gasteiger partial charge in [0.05, 0.1) is 18.6 Å². The molecule has 2 aromatic heterocycles. The van der Waals surface area contributed by atoms with Crippen molar-refractivity contribution in [3.8, 4) is 11.4 Å². The van der Waals surface area contributed by atoms with Crippen LogP contribution in [0.1, 0.15) is 21.7 Å². The van der Waals surface area contributed by atoms with E-state index in [-0.39, 0.29) is 5.78 Å². The van der Waals surface area contributed by atoms with Crippen molar-refractivity contribution in [3.05, 3.63) is 89.9 Å². The number of hydrogen-bond donors (Lipinski definition) is 0. The van der Waals surface area contributed by atoms with Crippen LogP contribution in [-0.2, 0) is 6.54 Å². The van der Waals surface area contributed by atoms with E-state index in [4.69, 9.17) is 4.42 Å². The van der Waals surface area contributed by atoms with Gasteiger partial charge >= 0.3 is 0 Å². The van der Waals surface area contributed by atoms with Gasteiger partial charge in [-0.1, -0.05) is 66.4 Å². The molecule has 6 heteroatoms. The summed E-state index contributed by atoms with van der Waals surface area (Å²) in [6, 6.07) is 21.1. The molecule has 0 fully saturated rings. The van der Waals surface area contributed by atoms with E-state index in [2.05, 4.69) is 10.2 Å². The van der Waals surface area contributed by atoms with Gasteiger partial charge in [0.1, 0.15) is 5.76 Å². The predicted molar refractivity (Wildman–Crippen MR) is 110 cm³/mol. The fraction of sp³-hybridized carbons (Fsp3) is 0.136. The maximum absolute atomic E-state index is 12.5. The molecule has 0 aliphatic heterocycles. The third kappa shape index (κ3) is 3.92. The van der Waals surface area contributed by atoms with Crippen molar-refractivity contribution >= 4 is 17.5 Å². The average molecular weight is 389 g/mol. The van der Waals surface area contributed by atoms with Crippen molar-refractivity contribution in [2.45, 2.75) is 18.6 Å². The van der Waals surface area contributed by atoms with Crippen molar-refractivity contribution < 1.29 is 9.21 Å². The number of carbonyl (C=O) groups excluding carboxylic acids is 1. The Balaban J connectivity index is 1.63. The minimum atomic E-state index is 0.0654. The molecule has 0 atom stereocenters. The van der Waals surface area contributed by atoms with Crippen molar-refractivity contribution in [1.82, 2.24) is 14.8 Å². The number of rotatable bonds is 7. The highest BCUT2D eigenvalue weighted by Crippen LogP contribution is 2.27. The van der Waals surface area contributed by atoms with Crippen LogP contribution in [0.15, 0.2) is 82.6 Å². The van der Waals surface area contributed by atoms with Gasteiger partial charge in [0.2, 0.25) is 0 Å². The van der Waals surface area contributed by atoms with E-state index in [0.717, 1.165) is 22.7 Å². The Hall–Kier alpha value is -3.12. The Kier molecular flexibility index (Phi) is 5.39. The number of aromatic nitrogens is 3. The van der Waals surface area contributed by atoms with Crippen molar-refractivity contribution in [2.75, 3.05) is 5.75 Å². The summed E-state index contributed by atoms with van der Waals surface area (Å²) in [5.41, 5.74) is 2.83. The zero-order chi connectivity index (χ0) is 19.3. The standard InChI is InChI=1S/C22H19N3O2S/c1-16-8-5-6-12-19(16)21-23-24-22(25(21)14-18-11-7-13-27-18)28-15-20(26)17-9-3-2-4-10-17/h2-13H,14-15H2,1H3.